The zero-order valence-electron chi connectivity index (χ0n) is 16.3. The Balaban J connectivity index is 1.19. The highest BCUT2D eigenvalue weighted by Crippen LogP contribution is 2.39. The zero-order valence-corrected chi connectivity index (χ0v) is 17.1. The van der Waals surface area contributed by atoms with Crippen LogP contribution in [0, 0.1) is 16.6 Å². The van der Waals surface area contributed by atoms with Gasteiger partial charge in [0.2, 0.25) is 11.8 Å². The van der Waals surface area contributed by atoms with Crippen LogP contribution >= 0.6 is 12.2 Å². The predicted octanol–water partition coefficient (Wildman–Crippen LogP) is 2.63. The van der Waals surface area contributed by atoms with E-state index in [-0.39, 0.29) is 23.7 Å². The number of aromatic nitrogens is 3. The summed E-state index contributed by atoms with van der Waals surface area (Å²) in [7, 11) is 0. The number of likely N-dealkylation sites (tertiary alicyclic amines) is 2. The Hall–Kier alpha value is -1.70. The monoisotopic (exact) mass is 403 g/mol. The lowest BCUT2D eigenvalue weighted by atomic mass is 9.92. The van der Waals surface area contributed by atoms with Gasteiger partial charge in [0, 0.05) is 44.1 Å². The molecule has 2 saturated carbocycles. The van der Waals surface area contributed by atoms with E-state index in [4.69, 9.17) is 12.2 Å². The second-order valence-electron chi connectivity index (χ2n) is 8.99. The predicted molar refractivity (Wildman–Crippen MR) is 106 cm³/mol. The fourth-order valence-electron chi connectivity index (χ4n) is 4.87. The van der Waals surface area contributed by atoms with Crippen LogP contribution < -0.4 is 0 Å². The molecule has 2 amide bonds. The molecule has 2 saturated heterocycles. The third kappa shape index (κ3) is 3.51. The Morgan fingerprint density at radius 1 is 0.893 bits per heavy atom. The van der Waals surface area contributed by atoms with E-state index in [1.807, 2.05) is 9.80 Å². The SMILES string of the molecule is O=C(C1CCCN(C(=O)C2CC2)C1)N1CCC(c2n[nH]c(=S)n2C2CC2)CC1. The van der Waals surface area contributed by atoms with E-state index in [1.54, 1.807) is 0 Å². The minimum absolute atomic E-state index is 0.0194. The molecule has 1 N–H and O–H groups in total. The summed E-state index contributed by atoms with van der Waals surface area (Å²) < 4.78 is 2.94. The second-order valence-corrected chi connectivity index (χ2v) is 9.37. The lowest BCUT2D eigenvalue weighted by Gasteiger charge is -2.37. The van der Waals surface area contributed by atoms with E-state index in [9.17, 15) is 9.59 Å². The summed E-state index contributed by atoms with van der Waals surface area (Å²) in [6, 6.07) is 0.526. The molecule has 1 unspecified atom stereocenters. The Bertz CT molecular complexity index is 817. The minimum Gasteiger partial charge on any atom is -0.342 e. The quantitative estimate of drug-likeness (QED) is 0.785. The molecule has 152 valence electrons. The number of hydrogen-bond donors (Lipinski definition) is 1. The molecule has 1 aromatic rings. The summed E-state index contributed by atoms with van der Waals surface area (Å²) in [6.07, 6.45) is 8.18. The van der Waals surface area contributed by atoms with Crippen molar-refractivity contribution in [1.82, 2.24) is 24.6 Å². The van der Waals surface area contributed by atoms with Crippen LogP contribution in [-0.4, -0.2) is 62.6 Å². The molecule has 8 heteroatoms. The summed E-state index contributed by atoms with van der Waals surface area (Å²) in [5, 5.41) is 7.48. The highest BCUT2D eigenvalue weighted by molar-refractivity contribution is 7.71. The van der Waals surface area contributed by atoms with Crippen molar-refractivity contribution >= 4 is 24.0 Å². The molecule has 0 aromatic carbocycles. The van der Waals surface area contributed by atoms with E-state index in [2.05, 4.69) is 14.8 Å². The maximum Gasteiger partial charge on any atom is 0.227 e. The van der Waals surface area contributed by atoms with Gasteiger partial charge in [0.05, 0.1) is 5.92 Å². The summed E-state index contributed by atoms with van der Waals surface area (Å²) >= 11 is 5.41. The molecule has 3 heterocycles. The molecule has 1 aromatic heterocycles. The Labute approximate surface area is 170 Å². The molecule has 0 bridgehead atoms. The first-order valence-corrected chi connectivity index (χ1v) is 11.3. The molecule has 7 nitrogen and oxygen atoms in total. The van der Waals surface area contributed by atoms with Gasteiger partial charge in [0.1, 0.15) is 5.82 Å². The highest BCUT2D eigenvalue weighted by Gasteiger charge is 2.38. The number of aromatic amines is 1. The molecule has 4 fully saturated rings. The molecular formula is C20H29N5O2S. The van der Waals surface area contributed by atoms with Gasteiger partial charge in [-0.05, 0) is 63.6 Å². The average Bonchev–Trinajstić information content (AvgIpc) is 3.66. The van der Waals surface area contributed by atoms with Gasteiger partial charge in [-0.25, -0.2) is 0 Å². The number of rotatable bonds is 4. The molecule has 28 heavy (non-hydrogen) atoms. The fraction of sp³-hybridized carbons (Fsp3) is 0.800. The number of amides is 2. The normalized spacial score (nSPS) is 26.5. The van der Waals surface area contributed by atoms with Crippen molar-refractivity contribution in [2.75, 3.05) is 26.2 Å². The third-order valence-corrected chi connectivity index (χ3v) is 7.11. The van der Waals surface area contributed by atoms with Crippen molar-refractivity contribution < 1.29 is 9.59 Å². The van der Waals surface area contributed by atoms with E-state index >= 15 is 0 Å². The minimum atomic E-state index is -0.0194. The first-order chi connectivity index (χ1) is 13.6. The molecule has 0 spiro atoms. The van der Waals surface area contributed by atoms with E-state index < -0.39 is 0 Å². The number of nitrogens with one attached hydrogen (secondary N) is 1. The molecule has 2 aliphatic carbocycles. The molecular weight excluding hydrogens is 374 g/mol. The molecule has 0 radical (unpaired) electrons. The Morgan fingerprint density at radius 3 is 2.29 bits per heavy atom. The van der Waals surface area contributed by atoms with E-state index in [1.165, 1.54) is 12.8 Å². The Morgan fingerprint density at radius 2 is 1.61 bits per heavy atom. The fourth-order valence-corrected chi connectivity index (χ4v) is 5.16. The summed E-state index contributed by atoms with van der Waals surface area (Å²) in [4.78, 5) is 29.4. The topological polar surface area (TPSA) is 74.2 Å². The van der Waals surface area contributed by atoms with Crippen molar-refractivity contribution in [2.24, 2.45) is 11.8 Å². The first kappa shape index (κ1) is 18.3. The summed E-state index contributed by atoms with van der Waals surface area (Å²) in [5.41, 5.74) is 0. The maximum absolute atomic E-state index is 13.1. The standard InChI is InChI=1S/C20H29N5O2S/c26-18(14-3-4-14)24-9-1-2-15(12-24)19(27)23-10-7-13(8-11-23)17-21-22-20(28)25(17)16-5-6-16/h13-16H,1-12H2,(H,22,28). The first-order valence-electron chi connectivity index (χ1n) is 10.9. The average molecular weight is 404 g/mol. The largest absolute Gasteiger partial charge is 0.342 e. The lowest BCUT2D eigenvalue weighted by molar-refractivity contribution is -0.142. The van der Waals surface area contributed by atoms with Crippen LogP contribution in [0.4, 0.5) is 0 Å². The van der Waals surface area contributed by atoms with E-state index in [0.29, 0.717) is 18.5 Å². The van der Waals surface area contributed by atoms with Crippen molar-refractivity contribution in [2.45, 2.75) is 63.3 Å². The molecule has 4 aliphatic rings. The summed E-state index contributed by atoms with van der Waals surface area (Å²) in [5.74, 6) is 2.20. The van der Waals surface area contributed by atoms with Gasteiger partial charge in [-0.15, -0.1) is 0 Å². The highest BCUT2D eigenvalue weighted by atomic mass is 32.1. The number of piperidine rings is 2. The van der Waals surface area contributed by atoms with Crippen LogP contribution in [0.3, 0.4) is 0 Å². The molecule has 1 atom stereocenters. The molecule has 2 aliphatic heterocycles. The number of carbonyl (C=O) groups is 2. The smallest absolute Gasteiger partial charge is 0.227 e. The third-order valence-electron chi connectivity index (χ3n) is 6.82. The van der Waals surface area contributed by atoms with Crippen molar-refractivity contribution in [3.63, 3.8) is 0 Å². The van der Waals surface area contributed by atoms with Crippen molar-refractivity contribution in [3.05, 3.63) is 10.6 Å². The molecule has 5 rings (SSSR count). The van der Waals surface area contributed by atoms with Gasteiger partial charge in [0.15, 0.2) is 4.77 Å². The van der Waals surface area contributed by atoms with E-state index in [0.717, 1.165) is 68.8 Å². The zero-order chi connectivity index (χ0) is 19.3. The van der Waals surface area contributed by atoms with Crippen LogP contribution in [0.15, 0.2) is 0 Å². The van der Waals surface area contributed by atoms with Crippen LogP contribution in [-0.2, 0) is 9.59 Å². The number of H-pyrrole nitrogens is 1. The van der Waals surface area contributed by atoms with Gasteiger partial charge >= 0.3 is 0 Å². The van der Waals surface area contributed by atoms with Gasteiger partial charge in [-0.3, -0.25) is 14.7 Å². The van der Waals surface area contributed by atoms with Crippen molar-refractivity contribution in [3.8, 4) is 0 Å². The van der Waals surface area contributed by atoms with Gasteiger partial charge in [-0.2, -0.15) is 5.10 Å². The van der Waals surface area contributed by atoms with Crippen LogP contribution in [0.25, 0.3) is 0 Å². The number of nitrogens with zero attached hydrogens (tertiary/aromatic N) is 4. The van der Waals surface area contributed by atoms with Crippen LogP contribution in [0.1, 0.15) is 69.2 Å². The lowest BCUT2D eigenvalue weighted by Crippen LogP contribution is -2.48. The Kier molecular flexibility index (Phi) is 4.77. The van der Waals surface area contributed by atoms with Gasteiger partial charge in [-0.1, -0.05) is 0 Å². The van der Waals surface area contributed by atoms with Crippen molar-refractivity contribution in [1.29, 1.82) is 0 Å². The number of hydrogen-bond acceptors (Lipinski definition) is 4. The summed E-state index contributed by atoms with van der Waals surface area (Å²) in [6.45, 7) is 3.00. The van der Waals surface area contributed by atoms with Crippen LogP contribution in [0.5, 0.6) is 0 Å². The van der Waals surface area contributed by atoms with Gasteiger partial charge in [0.25, 0.3) is 0 Å². The van der Waals surface area contributed by atoms with Gasteiger partial charge < -0.3 is 14.4 Å². The second kappa shape index (κ2) is 7.28. The maximum atomic E-state index is 13.1. The van der Waals surface area contributed by atoms with Crippen LogP contribution in [0.2, 0.25) is 0 Å². The number of carbonyl (C=O) groups excluding carboxylic acids is 2.